The molecule has 1 atom stereocenters. The van der Waals surface area contributed by atoms with E-state index in [1.807, 2.05) is 36.4 Å². The lowest BCUT2D eigenvalue weighted by Gasteiger charge is -2.16. The standard InChI is InChI=1S/C20H19N7O2/c1-13(15-7-3-2-4-8-15)23-18-17-12-22-26-19(17)25-20(24-18)21-11-14-6-5-9-16(10-14)27(28)29/h2-10,12-13H,11H2,1H3,(H3,21,22,23,24,25,26)/t13-/m1/s1. The van der Waals surface area contributed by atoms with Crippen LogP contribution in [0.1, 0.15) is 24.1 Å². The summed E-state index contributed by atoms with van der Waals surface area (Å²) in [5, 5.41) is 25.2. The summed E-state index contributed by atoms with van der Waals surface area (Å²) in [6.45, 7) is 2.41. The van der Waals surface area contributed by atoms with Crippen LogP contribution in [0.3, 0.4) is 0 Å². The Morgan fingerprint density at radius 1 is 1.14 bits per heavy atom. The Kier molecular flexibility index (Phi) is 5.02. The minimum absolute atomic E-state index is 0.0359. The first-order valence-electron chi connectivity index (χ1n) is 9.10. The van der Waals surface area contributed by atoms with Crippen LogP contribution in [-0.4, -0.2) is 25.1 Å². The largest absolute Gasteiger partial charge is 0.363 e. The number of non-ortho nitro benzene ring substituents is 1. The molecule has 0 saturated carbocycles. The Balaban J connectivity index is 1.56. The molecule has 0 bridgehead atoms. The third kappa shape index (κ3) is 4.13. The Morgan fingerprint density at radius 3 is 2.76 bits per heavy atom. The molecular formula is C20H19N7O2. The number of aromatic nitrogens is 4. The fourth-order valence-corrected chi connectivity index (χ4v) is 3.02. The highest BCUT2D eigenvalue weighted by atomic mass is 16.6. The summed E-state index contributed by atoms with van der Waals surface area (Å²) in [5.74, 6) is 1.05. The van der Waals surface area contributed by atoms with Gasteiger partial charge in [0, 0.05) is 24.7 Å². The Bertz CT molecular complexity index is 1140. The molecule has 0 amide bonds. The highest BCUT2D eigenvalue weighted by molar-refractivity contribution is 5.87. The van der Waals surface area contributed by atoms with Crippen LogP contribution >= 0.6 is 0 Å². The molecule has 2 heterocycles. The number of nitrogens with one attached hydrogen (secondary N) is 3. The van der Waals surface area contributed by atoms with Crippen molar-refractivity contribution in [2.75, 3.05) is 10.6 Å². The van der Waals surface area contributed by atoms with Gasteiger partial charge in [-0.3, -0.25) is 15.2 Å². The first kappa shape index (κ1) is 18.4. The van der Waals surface area contributed by atoms with Gasteiger partial charge in [0.05, 0.1) is 16.5 Å². The van der Waals surface area contributed by atoms with Gasteiger partial charge in [-0.05, 0) is 18.1 Å². The van der Waals surface area contributed by atoms with Gasteiger partial charge < -0.3 is 10.6 Å². The molecule has 146 valence electrons. The topological polar surface area (TPSA) is 122 Å². The number of fused-ring (bicyclic) bond motifs is 1. The fraction of sp³-hybridized carbons (Fsp3) is 0.150. The predicted octanol–water partition coefficient (Wildman–Crippen LogP) is 4.05. The average molecular weight is 389 g/mol. The summed E-state index contributed by atoms with van der Waals surface area (Å²) >= 11 is 0. The Morgan fingerprint density at radius 2 is 1.97 bits per heavy atom. The van der Waals surface area contributed by atoms with E-state index in [0.717, 1.165) is 16.5 Å². The summed E-state index contributed by atoms with van der Waals surface area (Å²) in [5.41, 5.74) is 2.55. The molecule has 0 saturated heterocycles. The van der Waals surface area contributed by atoms with E-state index in [9.17, 15) is 10.1 Å². The molecule has 0 aliphatic carbocycles. The van der Waals surface area contributed by atoms with Crippen LogP contribution in [0.5, 0.6) is 0 Å². The molecule has 3 N–H and O–H groups in total. The normalized spacial score (nSPS) is 11.9. The monoisotopic (exact) mass is 389 g/mol. The molecule has 0 unspecified atom stereocenters. The number of hydrogen-bond donors (Lipinski definition) is 3. The summed E-state index contributed by atoms with van der Waals surface area (Å²) in [6.07, 6.45) is 1.68. The zero-order chi connectivity index (χ0) is 20.2. The van der Waals surface area contributed by atoms with Crippen LogP contribution in [-0.2, 0) is 6.54 Å². The number of aromatic amines is 1. The van der Waals surface area contributed by atoms with Gasteiger partial charge in [-0.15, -0.1) is 0 Å². The minimum atomic E-state index is -0.413. The highest BCUT2D eigenvalue weighted by Gasteiger charge is 2.13. The number of rotatable bonds is 7. The summed E-state index contributed by atoms with van der Waals surface area (Å²) in [4.78, 5) is 19.6. The van der Waals surface area contributed by atoms with Crippen molar-refractivity contribution in [2.45, 2.75) is 19.5 Å². The Hall–Kier alpha value is -4.01. The molecule has 2 aromatic carbocycles. The molecule has 0 aliphatic rings. The van der Waals surface area contributed by atoms with Crippen molar-refractivity contribution in [1.82, 2.24) is 20.2 Å². The van der Waals surface area contributed by atoms with Crippen molar-refractivity contribution in [1.29, 1.82) is 0 Å². The highest BCUT2D eigenvalue weighted by Crippen LogP contribution is 2.25. The second-order valence-electron chi connectivity index (χ2n) is 6.59. The molecule has 4 rings (SSSR count). The molecule has 29 heavy (non-hydrogen) atoms. The van der Waals surface area contributed by atoms with E-state index in [2.05, 4.69) is 37.7 Å². The maximum absolute atomic E-state index is 10.9. The number of benzene rings is 2. The van der Waals surface area contributed by atoms with Crippen LogP contribution in [0.25, 0.3) is 11.0 Å². The van der Waals surface area contributed by atoms with Crippen molar-refractivity contribution in [3.63, 3.8) is 0 Å². The predicted molar refractivity (Wildman–Crippen MR) is 111 cm³/mol. The second kappa shape index (κ2) is 7.93. The van der Waals surface area contributed by atoms with Gasteiger partial charge in [-0.2, -0.15) is 15.1 Å². The van der Waals surface area contributed by atoms with Crippen molar-refractivity contribution in [3.05, 3.63) is 82.0 Å². The number of nitro groups is 1. The van der Waals surface area contributed by atoms with E-state index >= 15 is 0 Å². The summed E-state index contributed by atoms with van der Waals surface area (Å²) in [7, 11) is 0. The zero-order valence-corrected chi connectivity index (χ0v) is 15.7. The zero-order valence-electron chi connectivity index (χ0n) is 15.7. The van der Waals surface area contributed by atoms with Gasteiger partial charge in [0.15, 0.2) is 5.65 Å². The maximum atomic E-state index is 10.9. The summed E-state index contributed by atoms with van der Waals surface area (Å²) in [6, 6.07) is 16.6. The smallest absolute Gasteiger partial charge is 0.269 e. The van der Waals surface area contributed by atoms with E-state index in [1.165, 1.54) is 12.1 Å². The molecule has 4 aromatic rings. The minimum Gasteiger partial charge on any atom is -0.363 e. The Labute approximate surface area is 166 Å². The van der Waals surface area contributed by atoms with Crippen molar-refractivity contribution >= 4 is 28.5 Å². The van der Waals surface area contributed by atoms with Gasteiger partial charge in [0.2, 0.25) is 5.95 Å². The molecule has 0 radical (unpaired) electrons. The average Bonchev–Trinajstić information content (AvgIpc) is 3.22. The molecule has 0 fully saturated rings. The second-order valence-corrected chi connectivity index (χ2v) is 6.59. The van der Waals surface area contributed by atoms with Crippen LogP contribution in [0.15, 0.2) is 60.8 Å². The van der Waals surface area contributed by atoms with Crippen molar-refractivity contribution < 1.29 is 4.92 Å². The number of H-pyrrole nitrogens is 1. The lowest BCUT2D eigenvalue weighted by atomic mass is 10.1. The molecule has 9 nitrogen and oxygen atoms in total. The van der Waals surface area contributed by atoms with E-state index in [1.54, 1.807) is 12.3 Å². The van der Waals surface area contributed by atoms with Crippen LogP contribution in [0, 0.1) is 10.1 Å². The third-order valence-corrected chi connectivity index (χ3v) is 4.53. The van der Waals surface area contributed by atoms with Gasteiger partial charge in [0.1, 0.15) is 5.82 Å². The molecular weight excluding hydrogens is 370 g/mol. The van der Waals surface area contributed by atoms with Gasteiger partial charge in [-0.1, -0.05) is 42.5 Å². The van der Waals surface area contributed by atoms with Gasteiger partial charge in [-0.25, -0.2) is 0 Å². The van der Waals surface area contributed by atoms with Crippen LogP contribution in [0.4, 0.5) is 17.5 Å². The number of nitrogens with zero attached hydrogens (tertiary/aromatic N) is 4. The number of anilines is 2. The third-order valence-electron chi connectivity index (χ3n) is 4.53. The molecule has 9 heteroatoms. The van der Waals surface area contributed by atoms with Gasteiger partial charge in [0.25, 0.3) is 5.69 Å². The fourth-order valence-electron chi connectivity index (χ4n) is 3.02. The van der Waals surface area contributed by atoms with E-state index in [0.29, 0.717) is 24.0 Å². The molecule has 0 spiro atoms. The van der Waals surface area contributed by atoms with E-state index < -0.39 is 4.92 Å². The van der Waals surface area contributed by atoms with Crippen LogP contribution in [0.2, 0.25) is 0 Å². The van der Waals surface area contributed by atoms with E-state index in [4.69, 9.17) is 0 Å². The van der Waals surface area contributed by atoms with Gasteiger partial charge >= 0.3 is 0 Å². The van der Waals surface area contributed by atoms with Crippen molar-refractivity contribution in [2.24, 2.45) is 0 Å². The molecule has 0 aliphatic heterocycles. The maximum Gasteiger partial charge on any atom is 0.269 e. The van der Waals surface area contributed by atoms with Crippen LogP contribution < -0.4 is 10.6 Å². The first-order valence-corrected chi connectivity index (χ1v) is 9.10. The lowest BCUT2D eigenvalue weighted by molar-refractivity contribution is -0.384. The van der Waals surface area contributed by atoms with E-state index in [-0.39, 0.29) is 11.7 Å². The SMILES string of the molecule is C[C@@H](Nc1nc(NCc2cccc([N+](=O)[O-])c2)nc2[nH]ncc12)c1ccccc1. The first-order chi connectivity index (χ1) is 14.1. The quantitative estimate of drug-likeness (QED) is 0.322. The number of nitro benzene ring substituents is 1. The van der Waals surface area contributed by atoms with Crippen molar-refractivity contribution in [3.8, 4) is 0 Å². The number of hydrogen-bond acceptors (Lipinski definition) is 7. The summed E-state index contributed by atoms with van der Waals surface area (Å²) < 4.78 is 0. The lowest BCUT2D eigenvalue weighted by Crippen LogP contribution is -2.11. The molecule has 2 aromatic heterocycles.